The number of amides is 1. The molecule has 11 heteroatoms. The Hall–Kier alpha value is -1.17. The molecule has 1 unspecified atom stereocenters. The first-order valence-electron chi connectivity index (χ1n) is 8.31. The van der Waals surface area contributed by atoms with Crippen molar-refractivity contribution in [3.05, 3.63) is 34.1 Å². The number of carboxylic acid groups (broad SMARTS) is 1. The van der Waals surface area contributed by atoms with Crippen molar-refractivity contribution < 1.29 is 31.8 Å². The molecule has 150 valence electrons. The molecule has 1 aromatic rings. The lowest BCUT2D eigenvalue weighted by atomic mass is 9.89. The molecule has 6 nitrogen and oxygen atoms in total. The predicted octanol–water partition coefficient (Wildman–Crippen LogP) is 3.49. The van der Waals surface area contributed by atoms with Crippen molar-refractivity contribution in [1.82, 2.24) is 9.21 Å². The molecule has 1 amide bonds. The van der Waals surface area contributed by atoms with E-state index in [0.29, 0.717) is 4.31 Å². The Morgan fingerprint density at radius 1 is 1.44 bits per heavy atom. The first-order valence-corrected chi connectivity index (χ1v) is 10.2. The van der Waals surface area contributed by atoms with Crippen LogP contribution in [0.3, 0.4) is 0 Å². The highest BCUT2D eigenvalue weighted by Gasteiger charge is 2.59. The fourth-order valence-corrected chi connectivity index (χ4v) is 4.91. The van der Waals surface area contributed by atoms with Gasteiger partial charge in [-0.05, 0) is 40.4 Å². The summed E-state index contributed by atoms with van der Waals surface area (Å²) in [7, 11) is 0. The average Bonchev–Trinajstić information content (AvgIpc) is 3.32. The Kier molecular flexibility index (Phi) is 5.85. The summed E-state index contributed by atoms with van der Waals surface area (Å²) in [5.74, 6) is -2.80. The Morgan fingerprint density at radius 2 is 2.11 bits per heavy atom. The Morgan fingerprint density at radius 3 is 2.67 bits per heavy atom. The molecule has 27 heavy (non-hydrogen) atoms. The van der Waals surface area contributed by atoms with Crippen molar-refractivity contribution in [3.63, 3.8) is 0 Å². The molecule has 2 fully saturated rings. The molecular weight excluding hydrogens is 453 g/mol. The molecule has 4 atom stereocenters. The molecule has 1 aromatic carbocycles. The third kappa shape index (κ3) is 4.01. The summed E-state index contributed by atoms with van der Waals surface area (Å²) in [6, 6.07) is 1.69. The number of piperidine rings is 1. The van der Waals surface area contributed by atoms with Crippen molar-refractivity contribution in [1.29, 1.82) is 0 Å². The van der Waals surface area contributed by atoms with E-state index in [4.69, 9.17) is 0 Å². The summed E-state index contributed by atoms with van der Waals surface area (Å²) < 4.78 is 66.0. The zero-order valence-electron chi connectivity index (χ0n) is 14.0. The van der Waals surface area contributed by atoms with Crippen LogP contribution in [0.5, 0.6) is 0 Å². The van der Waals surface area contributed by atoms with Gasteiger partial charge in [-0.2, -0.15) is 4.31 Å². The Labute approximate surface area is 164 Å². The number of carbonyl (C=O) groups is 1. The van der Waals surface area contributed by atoms with Gasteiger partial charge >= 0.3 is 6.09 Å². The number of benzene rings is 1. The van der Waals surface area contributed by atoms with Crippen LogP contribution >= 0.6 is 15.9 Å². The number of hydrogen-bond acceptors (Lipinski definition) is 2. The van der Waals surface area contributed by atoms with E-state index in [1.54, 1.807) is 0 Å². The molecule has 0 radical (unpaired) electrons. The van der Waals surface area contributed by atoms with E-state index < -0.39 is 47.2 Å². The van der Waals surface area contributed by atoms with Gasteiger partial charge in [0, 0.05) is 19.4 Å². The minimum absolute atomic E-state index is 0.0481. The summed E-state index contributed by atoms with van der Waals surface area (Å²) in [5, 5.41) is 9.50. The molecule has 2 N–H and O–H groups in total. The van der Waals surface area contributed by atoms with E-state index in [2.05, 4.69) is 15.9 Å². The van der Waals surface area contributed by atoms with E-state index in [1.165, 1.54) is 18.2 Å². The topological polar surface area (TPSA) is 81.1 Å². The second-order valence-electron chi connectivity index (χ2n) is 6.73. The quantitative estimate of drug-likeness (QED) is 0.509. The van der Waals surface area contributed by atoms with Gasteiger partial charge in [-0.25, -0.2) is 22.2 Å². The van der Waals surface area contributed by atoms with Gasteiger partial charge in [-0.15, -0.1) is 0 Å². The highest BCUT2D eigenvalue weighted by Crippen LogP contribution is 2.47. The lowest BCUT2D eigenvalue weighted by Gasteiger charge is -2.46. The van der Waals surface area contributed by atoms with Crippen LogP contribution < -0.4 is 0 Å². The van der Waals surface area contributed by atoms with Gasteiger partial charge in [0.05, 0.1) is 16.6 Å². The number of hydrogen-bond donors (Lipinski definition) is 2. The smallest absolute Gasteiger partial charge is 0.407 e. The lowest BCUT2D eigenvalue weighted by molar-refractivity contribution is -0.0205. The number of nitrogens with zero attached hydrogens (tertiary/aromatic N) is 2. The number of likely N-dealkylation sites (tertiary alicyclic amines) is 1. The zero-order valence-corrected chi connectivity index (χ0v) is 16.4. The van der Waals surface area contributed by atoms with Gasteiger partial charge in [0.15, 0.2) is 5.79 Å². The average molecular weight is 471 g/mol. The maximum atomic E-state index is 14.8. The van der Waals surface area contributed by atoms with E-state index >= 15 is 0 Å². The predicted molar refractivity (Wildman–Crippen MR) is 95.3 cm³/mol. The molecule has 3 rings (SSSR count). The number of rotatable bonds is 5. The fraction of sp³-hybridized carbons (Fsp3) is 0.562. The lowest BCUT2D eigenvalue weighted by Crippen LogP contribution is -2.64. The summed E-state index contributed by atoms with van der Waals surface area (Å²) in [4.78, 5) is 12.6. The van der Waals surface area contributed by atoms with Crippen molar-refractivity contribution in [2.75, 3.05) is 6.54 Å². The SMILES string of the molecule is O=C(O)N1CC[C@H](F)[C@H](N(S(=O)O)C2(F)CC2)[C@@H]1Cc1cccc(Br)c1F. The van der Waals surface area contributed by atoms with E-state index in [1.807, 2.05) is 0 Å². The Bertz CT molecular complexity index is 767. The van der Waals surface area contributed by atoms with Crippen molar-refractivity contribution in [2.45, 2.75) is 49.7 Å². The summed E-state index contributed by atoms with van der Waals surface area (Å²) >= 11 is 0.188. The Balaban J connectivity index is 2.02. The van der Waals surface area contributed by atoms with E-state index in [-0.39, 0.29) is 42.3 Å². The van der Waals surface area contributed by atoms with Gasteiger partial charge < -0.3 is 10.0 Å². The van der Waals surface area contributed by atoms with Gasteiger partial charge in [-0.3, -0.25) is 4.55 Å². The molecule has 0 bridgehead atoms. The van der Waals surface area contributed by atoms with Crippen LogP contribution in [0.4, 0.5) is 18.0 Å². The van der Waals surface area contributed by atoms with Crippen LogP contribution in [-0.2, 0) is 17.7 Å². The first kappa shape index (κ1) is 20.6. The van der Waals surface area contributed by atoms with Gasteiger partial charge in [-0.1, -0.05) is 12.1 Å². The molecule has 1 saturated heterocycles. The highest BCUT2D eigenvalue weighted by molar-refractivity contribution is 9.10. The molecule has 1 aliphatic heterocycles. The summed E-state index contributed by atoms with van der Waals surface area (Å²) in [6.45, 7) is -0.168. The second kappa shape index (κ2) is 7.69. The molecule has 0 aromatic heterocycles. The van der Waals surface area contributed by atoms with Crippen LogP contribution in [0.1, 0.15) is 24.8 Å². The van der Waals surface area contributed by atoms with Gasteiger partial charge in [0.25, 0.3) is 0 Å². The number of alkyl halides is 2. The molecule has 1 saturated carbocycles. The molecule has 2 aliphatic rings. The molecular formula is C16H18BrF3N2O4S. The molecule has 1 heterocycles. The maximum Gasteiger partial charge on any atom is 0.407 e. The van der Waals surface area contributed by atoms with Crippen LogP contribution in [0.25, 0.3) is 0 Å². The van der Waals surface area contributed by atoms with Gasteiger partial charge in [0.1, 0.15) is 12.0 Å². The van der Waals surface area contributed by atoms with Crippen molar-refractivity contribution in [2.24, 2.45) is 0 Å². The normalized spacial score (nSPS) is 28.2. The minimum atomic E-state index is -2.85. The zero-order chi connectivity index (χ0) is 19.9. The van der Waals surface area contributed by atoms with Gasteiger partial charge in [0.2, 0.25) is 11.3 Å². The minimum Gasteiger partial charge on any atom is -0.465 e. The fourth-order valence-electron chi connectivity index (χ4n) is 3.56. The van der Waals surface area contributed by atoms with Crippen LogP contribution in [0, 0.1) is 5.82 Å². The van der Waals surface area contributed by atoms with Crippen molar-refractivity contribution >= 4 is 33.3 Å². The van der Waals surface area contributed by atoms with E-state index in [9.17, 15) is 31.8 Å². The van der Waals surface area contributed by atoms with Crippen LogP contribution in [-0.4, -0.2) is 59.8 Å². The maximum absolute atomic E-state index is 14.8. The first-order chi connectivity index (χ1) is 12.7. The van der Waals surface area contributed by atoms with Crippen molar-refractivity contribution in [3.8, 4) is 0 Å². The molecule has 0 spiro atoms. The molecule has 1 aliphatic carbocycles. The second-order valence-corrected chi connectivity index (χ2v) is 8.44. The van der Waals surface area contributed by atoms with Crippen LogP contribution in [0.15, 0.2) is 22.7 Å². The summed E-state index contributed by atoms with van der Waals surface area (Å²) in [6.07, 6.45) is -3.70. The monoisotopic (exact) mass is 470 g/mol. The van der Waals surface area contributed by atoms with E-state index in [0.717, 1.165) is 4.90 Å². The highest BCUT2D eigenvalue weighted by atomic mass is 79.9. The summed E-state index contributed by atoms with van der Waals surface area (Å²) in [5.41, 5.74) is 0.104. The largest absolute Gasteiger partial charge is 0.465 e. The van der Waals surface area contributed by atoms with Crippen LogP contribution in [0.2, 0.25) is 0 Å². The number of halogens is 4. The standard InChI is InChI=1S/C16H18BrF3N2O4S/c17-10-3-1-2-9(13(10)19)8-12-14(11(18)4-7-21(12)15(23)24)22(27(25)26)16(20)5-6-16/h1-3,11-12,14H,4-8H2,(H,23,24)(H,25,26)/t11-,12-,14-/m0/s1. The third-order valence-electron chi connectivity index (χ3n) is 5.01. The third-order valence-corrected chi connectivity index (χ3v) is 6.53.